The Kier molecular flexibility index (Phi) is 4.91. The molecular formula is C19H18FNO3. The van der Waals surface area contributed by atoms with E-state index < -0.39 is 18.4 Å². The summed E-state index contributed by atoms with van der Waals surface area (Å²) in [5.41, 5.74) is 1.79. The van der Waals surface area contributed by atoms with Crippen molar-refractivity contribution in [2.24, 2.45) is 0 Å². The van der Waals surface area contributed by atoms with Gasteiger partial charge in [-0.05, 0) is 16.7 Å². The number of halogens is 1. The molecule has 3 rings (SSSR count). The van der Waals surface area contributed by atoms with E-state index in [0.29, 0.717) is 5.56 Å². The molecule has 2 aromatic carbocycles. The zero-order valence-electron chi connectivity index (χ0n) is 13.1. The molecule has 2 aromatic rings. The molecule has 0 bridgehead atoms. The highest BCUT2D eigenvalue weighted by Crippen LogP contribution is 2.33. The average Bonchev–Trinajstić information content (AvgIpc) is 2.63. The molecule has 5 heteroatoms. The van der Waals surface area contributed by atoms with Gasteiger partial charge in [0, 0.05) is 0 Å². The molecule has 4 nitrogen and oxygen atoms in total. The van der Waals surface area contributed by atoms with E-state index in [9.17, 15) is 9.18 Å². The van der Waals surface area contributed by atoms with Gasteiger partial charge in [0.2, 0.25) is 0 Å². The van der Waals surface area contributed by atoms with Crippen molar-refractivity contribution < 1.29 is 18.8 Å². The number of carbonyl (C=O) groups excluding carboxylic acids is 1. The van der Waals surface area contributed by atoms with Gasteiger partial charge in [0.25, 0.3) is 0 Å². The second kappa shape index (κ2) is 7.27. The first-order valence-corrected chi connectivity index (χ1v) is 7.67. The predicted molar refractivity (Wildman–Crippen MR) is 87.6 cm³/mol. The molecule has 1 aliphatic rings. The zero-order valence-corrected chi connectivity index (χ0v) is 13.1. The molecule has 0 radical (unpaired) electrons. The Morgan fingerprint density at radius 2 is 1.79 bits per heavy atom. The summed E-state index contributed by atoms with van der Waals surface area (Å²) < 4.78 is 19.6. The van der Waals surface area contributed by atoms with Gasteiger partial charge in [-0.25, -0.2) is 9.18 Å². The van der Waals surface area contributed by atoms with E-state index in [2.05, 4.69) is 6.58 Å². The lowest BCUT2D eigenvalue weighted by atomic mass is 9.99. The van der Waals surface area contributed by atoms with Gasteiger partial charge in [0.1, 0.15) is 12.7 Å². The van der Waals surface area contributed by atoms with Crippen molar-refractivity contribution in [3.63, 3.8) is 0 Å². The van der Waals surface area contributed by atoms with Crippen LogP contribution in [0.4, 0.5) is 9.18 Å². The minimum Gasteiger partial charge on any atom is -0.443 e. The summed E-state index contributed by atoms with van der Waals surface area (Å²) in [6.45, 7) is 3.81. The van der Waals surface area contributed by atoms with Crippen LogP contribution in [0.3, 0.4) is 0 Å². The summed E-state index contributed by atoms with van der Waals surface area (Å²) in [6, 6.07) is 18.2. The second-order valence-corrected chi connectivity index (χ2v) is 5.57. The van der Waals surface area contributed by atoms with Crippen molar-refractivity contribution in [3.8, 4) is 0 Å². The molecule has 0 aliphatic carbocycles. The highest BCUT2D eigenvalue weighted by atomic mass is 19.1. The van der Waals surface area contributed by atoms with E-state index in [1.807, 2.05) is 36.4 Å². The fourth-order valence-corrected chi connectivity index (χ4v) is 2.48. The van der Waals surface area contributed by atoms with Gasteiger partial charge in [-0.1, -0.05) is 67.2 Å². The van der Waals surface area contributed by atoms with Crippen molar-refractivity contribution >= 4 is 6.09 Å². The minimum absolute atomic E-state index is 0.0296. The van der Waals surface area contributed by atoms with Gasteiger partial charge in [-0.2, -0.15) is 5.06 Å². The Morgan fingerprint density at radius 1 is 1.17 bits per heavy atom. The molecule has 1 amide bonds. The number of hydroxylamine groups is 2. The summed E-state index contributed by atoms with van der Waals surface area (Å²) in [7, 11) is 0. The molecule has 2 atom stereocenters. The molecule has 1 aliphatic heterocycles. The molecule has 0 spiro atoms. The molecule has 1 heterocycles. The summed E-state index contributed by atoms with van der Waals surface area (Å²) in [4.78, 5) is 17.7. The van der Waals surface area contributed by atoms with Crippen LogP contribution < -0.4 is 0 Å². The van der Waals surface area contributed by atoms with Crippen molar-refractivity contribution in [1.29, 1.82) is 0 Å². The first-order valence-electron chi connectivity index (χ1n) is 7.67. The molecule has 24 heavy (non-hydrogen) atoms. The molecular weight excluding hydrogens is 309 g/mol. The van der Waals surface area contributed by atoms with Crippen LogP contribution in [-0.2, 0) is 16.2 Å². The maximum atomic E-state index is 14.4. The monoisotopic (exact) mass is 327 g/mol. The smallest absolute Gasteiger partial charge is 0.434 e. The van der Waals surface area contributed by atoms with E-state index in [1.54, 1.807) is 24.3 Å². The topological polar surface area (TPSA) is 38.8 Å². The molecule has 0 N–H and O–H groups in total. The lowest BCUT2D eigenvalue weighted by Crippen LogP contribution is -2.43. The second-order valence-electron chi connectivity index (χ2n) is 5.57. The van der Waals surface area contributed by atoms with Crippen LogP contribution in [0.5, 0.6) is 0 Å². The Labute approximate surface area is 140 Å². The molecule has 124 valence electrons. The number of amides is 1. The summed E-state index contributed by atoms with van der Waals surface area (Å²) in [6.07, 6.45) is -2.94. The van der Waals surface area contributed by atoms with Gasteiger partial charge in [-0.3, -0.25) is 4.84 Å². The molecule has 0 saturated carbocycles. The van der Waals surface area contributed by atoms with E-state index in [0.717, 1.165) is 10.6 Å². The Balaban J connectivity index is 1.67. The first-order chi connectivity index (χ1) is 11.6. The summed E-state index contributed by atoms with van der Waals surface area (Å²) in [5, 5.41) is 1.03. The van der Waals surface area contributed by atoms with Crippen molar-refractivity contribution in [2.45, 2.75) is 18.9 Å². The van der Waals surface area contributed by atoms with E-state index in [4.69, 9.17) is 9.57 Å². The lowest BCUT2D eigenvalue weighted by molar-refractivity contribution is -0.206. The number of hydrogen-bond acceptors (Lipinski definition) is 3. The van der Waals surface area contributed by atoms with Crippen LogP contribution in [0.15, 0.2) is 72.8 Å². The number of carbonyl (C=O) groups is 1. The highest BCUT2D eigenvalue weighted by Gasteiger charge is 2.37. The van der Waals surface area contributed by atoms with Crippen molar-refractivity contribution in [2.75, 3.05) is 6.54 Å². The van der Waals surface area contributed by atoms with Crippen LogP contribution >= 0.6 is 0 Å². The third-order valence-electron chi connectivity index (χ3n) is 3.78. The number of nitrogens with zero attached hydrogens (tertiary/aromatic N) is 1. The zero-order chi connectivity index (χ0) is 16.9. The highest BCUT2D eigenvalue weighted by molar-refractivity contribution is 5.67. The molecule has 0 aromatic heterocycles. The predicted octanol–water partition coefficient (Wildman–Crippen LogP) is 4.21. The third kappa shape index (κ3) is 3.63. The molecule has 0 unspecified atom stereocenters. The Bertz CT molecular complexity index is 705. The Hall–Kier alpha value is -2.66. The van der Waals surface area contributed by atoms with Gasteiger partial charge < -0.3 is 4.74 Å². The normalized spacial score (nSPS) is 20.7. The van der Waals surface area contributed by atoms with Crippen LogP contribution in [0.2, 0.25) is 0 Å². The average molecular weight is 327 g/mol. The molecule has 1 saturated heterocycles. The first kappa shape index (κ1) is 16.2. The molecule has 1 fully saturated rings. The van der Waals surface area contributed by atoms with E-state index in [1.165, 1.54) is 0 Å². The maximum absolute atomic E-state index is 14.4. The van der Waals surface area contributed by atoms with Crippen molar-refractivity contribution in [3.05, 3.63) is 83.9 Å². The van der Waals surface area contributed by atoms with Crippen LogP contribution in [-0.4, -0.2) is 23.9 Å². The fourth-order valence-electron chi connectivity index (χ4n) is 2.48. The number of rotatable bonds is 3. The van der Waals surface area contributed by atoms with Gasteiger partial charge >= 0.3 is 6.09 Å². The Morgan fingerprint density at radius 3 is 2.46 bits per heavy atom. The maximum Gasteiger partial charge on any atom is 0.434 e. The van der Waals surface area contributed by atoms with Gasteiger partial charge in [0.15, 0.2) is 6.17 Å². The third-order valence-corrected chi connectivity index (χ3v) is 3.78. The number of alkyl halides is 1. The van der Waals surface area contributed by atoms with Crippen LogP contribution in [0.25, 0.3) is 0 Å². The van der Waals surface area contributed by atoms with E-state index >= 15 is 0 Å². The van der Waals surface area contributed by atoms with Gasteiger partial charge in [-0.15, -0.1) is 0 Å². The standard InChI is InChI=1S/C19H18FNO3/c1-14-12-21(19(22)23-13-15-8-4-2-5-9-15)24-18(17(14)20)16-10-6-3-7-11-16/h2-11,17-18H,1,12-13H2/t17-,18+/m1/s1. The number of ether oxygens (including phenoxy) is 1. The van der Waals surface area contributed by atoms with Crippen LogP contribution in [0, 0.1) is 0 Å². The number of hydrogen-bond donors (Lipinski definition) is 0. The fraction of sp³-hybridized carbons (Fsp3) is 0.211. The number of benzene rings is 2. The lowest BCUT2D eigenvalue weighted by Gasteiger charge is -2.35. The van der Waals surface area contributed by atoms with E-state index in [-0.39, 0.29) is 18.7 Å². The van der Waals surface area contributed by atoms with Crippen molar-refractivity contribution in [1.82, 2.24) is 5.06 Å². The SMILES string of the molecule is C=C1CN(C(=O)OCc2ccccc2)O[C@@H](c2ccccc2)[C@@H]1F. The minimum atomic E-state index is -1.37. The van der Waals surface area contributed by atoms with Crippen LogP contribution in [0.1, 0.15) is 17.2 Å². The summed E-state index contributed by atoms with van der Waals surface area (Å²) in [5.74, 6) is 0. The quantitative estimate of drug-likeness (QED) is 0.793. The van der Waals surface area contributed by atoms with Gasteiger partial charge in [0.05, 0.1) is 6.54 Å². The largest absolute Gasteiger partial charge is 0.443 e. The summed E-state index contributed by atoms with van der Waals surface area (Å²) >= 11 is 0.